The molecule has 1 nitrogen and oxygen atoms in total. The molecule has 1 aromatic rings. The fraction of sp³-hybridized carbons (Fsp3) is 0.625. The summed E-state index contributed by atoms with van der Waals surface area (Å²) in [6.45, 7) is 6.15. The summed E-state index contributed by atoms with van der Waals surface area (Å²) in [6, 6.07) is 10.6. The summed E-state index contributed by atoms with van der Waals surface area (Å²) in [5.41, 5.74) is 0.630. The van der Waals surface area contributed by atoms with Gasteiger partial charge in [-0.05, 0) is 37.2 Å². The highest BCUT2D eigenvalue weighted by Crippen LogP contribution is 2.36. The molecule has 0 aliphatic carbocycles. The average Bonchev–Trinajstić information content (AvgIpc) is 2.36. The largest absolute Gasteiger partial charge is 0.389 e. The average molecular weight is 266 g/mol. The Morgan fingerprint density at radius 1 is 1.06 bits per heavy atom. The van der Waals surface area contributed by atoms with Crippen molar-refractivity contribution in [3.05, 3.63) is 35.9 Å². The third-order valence-electron chi connectivity index (χ3n) is 4.13. The van der Waals surface area contributed by atoms with E-state index in [9.17, 15) is 5.11 Å². The molecule has 1 atom stereocenters. The molecule has 1 N–H and O–H groups in total. The summed E-state index contributed by atoms with van der Waals surface area (Å²) in [5.74, 6) is 0.513. The number of aliphatic hydroxyl groups is 1. The summed E-state index contributed by atoms with van der Waals surface area (Å²) < 4.78 is 0. The molecule has 2 heteroatoms. The van der Waals surface area contributed by atoms with Gasteiger partial charge in [0.25, 0.3) is 0 Å². The summed E-state index contributed by atoms with van der Waals surface area (Å²) in [4.78, 5) is 0. The lowest BCUT2D eigenvalue weighted by atomic mass is 9.73. The Labute approximate surface area is 117 Å². The van der Waals surface area contributed by atoms with Crippen LogP contribution in [0.25, 0.3) is 0 Å². The van der Waals surface area contributed by atoms with Gasteiger partial charge in [-0.15, -0.1) is 0 Å². The van der Waals surface area contributed by atoms with Crippen molar-refractivity contribution < 1.29 is 5.11 Å². The molecule has 0 fully saturated rings. The molecule has 0 amide bonds. The smallest absolute Gasteiger partial charge is 0.0757 e. The molecule has 1 aromatic carbocycles. The summed E-state index contributed by atoms with van der Waals surface area (Å²) in [5, 5.41) is 10.3. The predicted octanol–water partition coefficient (Wildman–Crippen LogP) is 4.11. The van der Waals surface area contributed by atoms with Crippen LogP contribution in [0, 0.1) is 5.41 Å². The lowest BCUT2D eigenvalue weighted by Crippen LogP contribution is -2.43. The number of aryl methyl sites for hydroxylation is 1. The minimum atomic E-state index is -0.692. The first-order valence-electron chi connectivity index (χ1n) is 6.76. The lowest BCUT2D eigenvalue weighted by Gasteiger charge is -2.39. The first-order valence-corrected chi connectivity index (χ1v) is 7.39. The van der Waals surface area contributed by atoms with Crippen LogP contribution in [0.2, 0.25) is 0 Å². The van der Waals surface area contributed by atoms with Gasteiger partial charge in [-0.1, -0.05) is 50.6 Å². The van der Waals surface area contributed by atoms with Crippen LogP contribution in [0.4, 0.5) is 0 Å². The maximum atomic E-state index is 10.3. The lowest BCUT2D eigenvalue weighted by molar-refractivity contribution is -0.0358. The first kappa shape index (κ1) is 15.6. The zero-order valence-electron chi connectivity index (χ0n) is 11.8. The molecular weight excluding hydrogens is 240 g/mol. The van der Waals surface area contributed by atoms with Gasteiger partial charge in [0, 0.05) is 5.75 Å². The quantitative estimate of drug-likeness (QED) is 0.562. The summed E-state index contributed by atoms with van der Waals surface area (Å²) in [7, 11) is 0. The van der Waals surface area contributed by atoms with Gasteiger partial charge >= 0.3 is 0 Å². The molecule has 0 aromatic heterocycles. The fourth-order valence-electron chi connectivity index (χ4n) is 2.02. The van der Waals surface area contributed by atoms with Gasteiger partial charge in [0.2, 0.25) is 0 Å². The van der Waals surface area contributed by atoms with E-state index in [1.807, 2.05) is 6.92 Å². The molecule has 0 bridgehead atoms. The number of hydrogen-bond donors (Lipinski definition) is 2. The van der Waals surface area contributed by atoms with Crippen LogP contribution in [-0.2, 0) is 6.42 Å². The Morgan fingerprint density at radius 3 is 2.22 bits per heavy atom. The Hall–Kier alpha value is -0.470. The van der Waals surface area contributed by atoms with Crippen LogP contribution in [0.15, 0.2) is 30.3 Å². The monoisotopic (exact) mass is 266 g/mol. The molecular formula is C16H26OS. The van der Waals surface area contributed by atoms with E-state index >= 15 is 0 Å². The third kappa shape index (κ3) is 4.33. The summed E-state index contributed by atoms with van der Waals surface area (Å²) in [6.07, 6.45) is 4.48. The number of hydrogen-bond acceptors (Lipinski definition) is 2. The molecule has 102 valence electrons. The van der Waals surface area contributed by atoms with E-state index in [4.69, 9.17) is 0 Å². The van der Waals surface area contributed by atoms with Crippen molar-refractivity contribution in [1.82, 2.24) is 0 Å². The molecule has 1 unspecified atom stereocenters. The van der Waals surface area contributed by atoms with Gasteiger partial charge in [-0.3, -0.25) is 0 Å². The second-order valence-corrected chi connectivity index (χ2v) is 6.32. The van der Waals surface area contributed by atoms with E-state index in [1.165, 1.54) is 12.0 Å². The van der Waals surface area contributed by atoms with Crippen LogP contribution >= 0.6 is 12.6 Å². The highest BCUT2D eigenvalue weighted by molar-refractivity contribution is 7.80. The van der Waals surface area contributed by atoms with Gasteiger partial charge < -0.3 is 5.11 Å². The van der Waals surface area contributed by atoms with Crippen LogP contribution < -0.4 is 0 Å². The number of unbranched alkanes of at least 4 members (excludes halogenated alkanes) is 1. The highest BCUT2D eigenvalue weighted by atomic mass is 32.1. The third-order valence-corrected chi connectivity index (χ3v) is 4.74. The Bertz CT molecular complexity index is 343. The van der Waals surface area contributed by atoms with Gasteiger partial charge in [-0.25, -0.2) is 0 Å². The van der Waals surface area contributed by atoms with E-state index in [2.05, 4.69) is 56.8 Å². The zero-order chi connectivity index (χ0) is 13.6. The Morgan fingerprint density at radius 2 is 1.67 bits per heavy atom. The first-order chi connectivity index (χ1) is 8.39. The van der Waals surface area contributed by atoms with Gasteiger partial charge in [0.1, 0.15) is 0 Å². The van der Waals surface area contributed by atoms with E-state index < -0.39 is 5.60 Å². The molecule has 0 saturated carbocycles. The van der Waals surface area contributed by atoms with Crippen molar-refractivity contribution >= 4 is 12.6 Å². The van der Waals surface area contributed by atoms with Crippen molar-refractivity contribution in [3.63, 3.8) is 0 Å². The minimum Gasteiger partial charge on any atom is -0.389 e. The van der Waals surface area contributed by atoms with Crippen LogP contribution in [0.1, 0.15) is 45.6 Å². The summed E-state index contributed by atoms with van der Waals surface area (Å²) >= 11 is 4.25. The van der Waals surface area contributed by atoms with Gasteiger partial charge in [0.05, 0.1) is 5.60 Å². The molecule has 0 aliphatic rings. The molecule has 1 rings (SSSR count). The standard InChI is InChI=1S/C16H26OS/c1-15(2,16(3,17)13-18)12-8-7-11-14-9-5-4-6-10-14/h4-6,9-10,17-18H,7-8,11-13H2,1-3H3. The van der Waals surface area contributed by atoms with Crippen LogP contribution in [0.3, 0.4) is 0 Å². The van der Waals surface area contributed by atoms with Crippen molar-refractivity contribution in [3.8, 4) is 0 Å². The number of thiol groups is 1. The fourth-order valence-corrected chi connectivity index (χ4v) is 2.45. The van der Waals surface area contributed by atoms with E-state index in [1.54, 1.807) is 0 Å². The second-order valence-electron chi connectivity index (χ2n) is 6.01. The van der Waals surface area contributed by atoms with Crippen molar-refractivity contribution in [1.29, 1.82) is 0 Å². The maximum Gasteiger partial charge on any atom is 0.0757 e. The molecule has 0 heterocycles. The van der Waals surface area contributed by atoms with Crippen LogP contribution in [-0.4, -0.2) is 16.5 Å². The number of benzene rings is 1. The van der Waals surface area contributed by atoms with Gasteiger partial charge in [0.15, 0.2) is 0 Å². The molecule has 18 heavy (non-hydrogen) atoms. The van der Waals surface area contributed by atoms with Crippen molar-refractivity contribution in [2.75, 3.05) is 5.75 Å². The highest BCUT2D eigenvalue weighted by Gasteiger charge is 2.37. The Kier molecular flexibility index (Phi) is 5.74. The molecule has 0 spiro atoms. The topological polar surface area (TPSA) is 20.2 Å². The molecule has 0 aliphatic heterocycles. The minimum absolute atomic E-state index is 0.0779. The Balaban J connectivity index is 2.34. The maximum absolute atomic E-state index is 10.3. The van der Waals surface area contributed by atoms with Gasteiger partial charge in [-0.2, -0.15) is 12.6 Å². The molecule has 0 saturated heterocycles. The zero-order valence-corrected chi connectivity index (χ0v) is 12.7. The van der Waals surface area contributed by atoms with Crippen molar-refractivity contribution in [2.45, 2.75) is 52.1 Å². The normalized spacial score (nSPS) is 15.4. The van der Waals surface area contributed by atoms with E-state index in [-0.39, 0.29) is 5.41 Å². The van der Waals surface area contributed by atoms with Crippen molar-refractivity contribution in [2.24, 2.45) is 5.41 Å². The SMILES string of the molecule is CC(C)(CCCCc1ccccc1)C(C)(O)CS. The van der Waals surface area contributed by atoms with E-state index in [0.29, 0.717) is 5.75 Å². The van der Waals surface area contributed by atoms with Crippen LogP contribution in [0.5, 0.6) is 0 Å². The predicted molar refractivity (Wildman–Crippen MR) is 82.3 cm³/mol. The van der Waals surface area contributed by atoms with E-state index in [0.717, 1.165) is 19.3 Å². The second kappa shape index (κ2) is 6.63. The number of rotatable bonds is 7. The molecule has 0 radical (unpaired) electrons.